The van der Waals surface area contributed by atoms with Gasteiger partial charge < -0.3 is 15.0 Å². The lowest BCUT2D eigenvalue weighted by Crippen LogP contribution is -2.69. The van der Waals surface area contributed by atoms with Crippen molar-refractivity contribution in [3.05, 3.63) is 65.2 Å². The van der Waals surface area contributed by atoms with Gasteiger partial charge in [0, 0.05) is 29.6 Å². The summed E-state index contributed by atoms with van der Waals surface area (Å²) in [6, 6.07) is 17.6. The molecule has 4 bridgehead atoms. The van der Waals surface area contributed by atoms with Gasteiger partial charge in [0.25, 0.3) is 5.91 Å². The second-order valence-electron chi connectivity index (χ2n) is 10.5. The minimum absolute atomic E-state index is 0.185. The average molecular weight is 415 g/mol. The fourth-order valence-electron chi connectivity index (χ4n) is 8.99. The molecule has 4 fully saturated rings. The summed E-state index contributed by atoms with van der Waals surface area (Å²) in [7, 11) is 1.78. The van der Waals surface area contributed by atoms with Gasteiger partial charge in [-0.15, -0.1) is 0 Å². The Balaban J connectivity index is 1.37. The van der Waals surface area contributed by atoms with Crippen molar-refractivity contribution < 1.29 is 9.53 Å². The van der Waals surface area contributed by atoms with Crippen molar-refractivity contribution in [1.29, 1.82) is 0 Å². The zero-order chi connectivity index (χ0) is 20.8. The summed E-state index contributed by atoms with van der Waals surface area (Å²) in [6.07, 6.45) is 5.98. The second-order valence-corrected chi connectivity index (χ2v) is 10.5. The molecule has 2 aromatic rings. The van der Waals surface area contributed by atoms with Gasteiger partial charge in [-0.2, -0.15) is 0 Å². The molecule has 2 aliphatic heterocycles. The van der Waals surface area contributed by atoms with E-state index in [-0.39, 0.29) is 11.3 Å². The zero-order valence-corrected chi connectivity index (χ0v) is 18.1. The molecule has 2 saturated carbocycles. The lowest BCUT2D eigenvalue weighted by atomic mass is 9.44. The summed E-state index contributed by atoms with van der Waals surface area (Å²) in [5.41, 5.74) is 4.42. The number of piperidine rings is 1. The highest BCUT2D eigenvalue weighted by molar-refractivity contribution is 5.94. The quantitative estimate of drug-likeness (QED) is 0.813. The Morgan fingerprint density at radius 1 is 1.16 bits per heavy atom. The van der Waals surface area contributed by atoms with E-state index in [0.29, 0.717) is 29.3 Å². The summed E-state index contributed by atoms with van der Waals surface area (Å²) in [4.78, 5) is 15.8. The van der Waals surface area contributed by atoms with Crippen LogP contribution in [0.25, 0.3) is 0 Å². The molecule has 1 N–H and O–H groups in total. The van der Waals surface area contributed by atoms with Crippen molar-refractivity contribution in [2.24, 2.45) is 17.3 Å². The van der Waals surface area contributed by atoms with E-state index in [0.717, 1.165) is 37.2 Å². The Hall–Kier alpha value is -2.33. The Kier molecular flexibility index (Phi) is 3.61. The Bertz CT molecular complexity index is 1070. The number of methoxy groups -OCH3 is 1. The van der Waals surface area contributed by atoms with E-state index in [9.17, 15) is 4.79 Å². The highest BCUT2D eigenvalue weighted by Gasteiger charge is 2.75. The largest absolute Gasteiger partial charge is 0.497 e. The van der Waals surface area contributed by atoms with Crippen molar-refractivity contribution in [1.82, 2.24) is 10.2 Å². The molecule has 6 atom stereocenters. The van der Waals surface area contributed by atoms with Crippen LogP contribution >= 0.6 is 0 Å². The van der Waals surface area contributed by atoms with E-state index < -0.39 is 0 Å². The lowest BCUT2D eigenvalue weighted by molar-refractivity contribution is -0.0447. The number of ether oxygens (including phenoxy) is 1. The molecule has 4 heteroatoms. The number of hydrogen-bond donors (Lipinski definition) is 1. The molecule has 5 aliphatic rings. The third kappa shape index (κ3) is 2.08. The zero-order valence-electron chi connectivity index (χ0n) is 18.1. The topological polar surface area (TPSA) is 41.6 Å². The SMILES string of the molecule is COc1ccc2c(c1)C13CCNC(C2)C12CCC1C3[C@H](CN1C(=O)c1ccccc1)C2. The predicted molar refractivity (Wildman–Crippen MR) is 119 cm³/mol. The summed E-state index contributed by atoms with van der Waals surface area (Å²) >= 11 is 0. The molecule has 0 spiro atoms. The van der Waals surface area contributed by atoms with Gasteiger partial charge in [0.15, 0.2) is 0 Å². The van der Waals surface area contributed by atoms with Gasteiger partial charge in [0.05, 0.1) is 7.11 Å². The summed E-state index contributed by atoms with van der Waals surface area (Å²) < 4.78 is 5.69. The Labute approximate surface area is 184 Å². The molecule has 2 aromatic carbocycles. The van der Waals surface area contributed by atoms with Crippen LogP contribution in [0.4, 0.5) is 0 Å². The van der Waals surface area contributed by atoms with Crippen LogP contribution in [0.15, 0.2) is 48.5 Å². The third-order valence-corrected chi connectivity index (χ3v) is 9.80. The van der Waals surface area contributed by atoms with E-state index in [1.807, 2.05) is 30.3 Å². The molecule has 160 valence electrons. The molecule has 2 heterocycles. The number of nitrogens with one attached hydrogen (secondary N) is 1. The van der Waals surface area contributed by atoms with Crippen LogP contribution in [0, 0.1) is 17.3 Å². The van der Waals surface area contributed by atoms with Crippen molar-refractivity contribution in [2.75, 3.05) is 20.2 Å². The Morgan fingerprint density at radius 2 is 2.03 bits per heavy atom. The number of fused-ring (bicyclic) bond motifs is 1. The maximum atomic E-state index is 13.5. The van der Waals surface area contributed by atoms with Crippen LogP contribution < -0.4 is 10.1 Å². The van der Waals surface area contributed by atoms with E-state index in [1.54, 1.807) is 12.7 Å². The lowest BCUT2D eigenvalue weighted by Gasteiger charge is -2.64. The number of hydrogen-bond acceptors (Lipinski definition) is 3. The van der Waals surface area contributed by atoms with Crippen molar-refractivity contribution in [3.8, 4) is 5.75 Å². The van der Waals surface area contributed by atoms with Crippen molar-refractivity contribution in [2.45, 2.75) is 49.6 Å². The van der Waals surface area contributed by atoms with E-state index in [2.05, 4.69) is 28.4 Å². The van der Waals surface area contributed by atoms with Gasteiger partial charge in [-0.25, -0.2) is 0 Å². The number of amides is 1. The van der Waals surface area contributed by atoms with Crippen LogP contribution in [0.3, 0.4) is 0 Å². The molecule has 5 unspecified atom stereocenters. The molecule has 31 heavy (non-hydrogen) atoms. The van der Waals surface area contributed by atoms with E-state index >= 15 is 0 Å². The minimum atomic E-state index is 0.185. The molecule has 4 nitrogen and oxygen atoms in total. The maximum Gasteiger partial charge on any atom is 0.254 e. The van der Waals surface area contributed by atoms with Gasteiger partial charge in [-0.1, -0.05) is 24.3 Å². The summed E-state index contributed by atoms with van der Waals surface area (Å²) in [5.74, 6) is 2.40. The van der Waals surface area contributed by atoms with Gasteiger partial charge in [-0.05, 0) is 91.3 Å². The number of carbonyl (C=O) groups is 1. The van der Waals surface area contributed by atoms with E-state index in [4.69, 9.17) is 4.74 Å². The first-order valence-corrected chi connectivity index (χ1v) is 11.9. The molecular weight excluding hydrogens is 384 g/mol. The normalized spacial score (nSPS) is 39.1. The van der Waals surface area contributed by atoms with Gasteiger partial charge >= 0.3 is 0 Å². The molecule has 7 rings (SSSR count). The van der Waals surface area contributed by atoms with Crippen molar-refractivity contribution in [3.63, 3.8) is 0 Å². The number of carbonyl (C=O) groups excluding carboxylic acids is 1. The van der Waals surface area contributed by atoms with Crippen LogP contribution in [-0.2, 0) is 11.8 Å². The van der Waals surface area contributed by atoms with E-state index in [1.165, 1.54) is 24.8 Å². The molecule has 2 saturated heterocycles. The maximum absolute atomic E-state index is 13.5. The van der Waals surface area contributed by atoms with Gasteiger partial charge in [-0.3, -0.25) is 4.79 Å². The van der Waals surface area contributed by atoms with Crippen LogP contribution in [0.2, 0.25) is 0 Å². The Morgan fingerprint density at radius 3 is 2.87 bits per heavy atom. The van der Waals surface area contributed by atoms with Crippen molar-refractivity contribution >= 4 is 5.91 Å². The van der Waals surface area contributed by atoms with Crippen LogP contribution in [0.1, 0.15) is 47.2 Å². The first kappa shape index (κ1) is 18.3. The molecule has 3 aliphatic carbocycles. The smallest absolute Gasteiger partial charge is 0.254 e. The number of nitrogens with zero attached hydrogens (tertiary/aromatic N) is 1. The molecular formula is C27H30N2O2. The summed E-state index contributed by atoms with van der Waals surface area (Å²) in [5, 5.41) is 3.94. The number of benzene rings is 2. The fourth-order valence-corrected chi connectivity index (χ4v) is 8.99. The second kappa shape index (κ2) is 6.13. The first-order valence-electron chi connectivity index (χ1n) is 11.9. The number of likely N-dealkylation sites (tertiary alicyclic amines) is 1. The first-order chi connectivity index (χ1) is 15.2. The predicted octanol–water partition coefficient (Wildman–Crippen LogP) is 3.79. The highest BCUT2D eigenvalue weighted by Crippen LogP contribution is 2.74. The molecule has 0 aromatic heterocycles. The number of rotatable bonds is 2. The van der Waals surface area contributed by atoms with Gasteiger partial charge in [0.1, 0.15) is 5.75 Å². The summed E-state index contributed by atoms with van der Waals surface area (Å²) in [6.45, 7) is 2.02. The van der Waals surface area contributed by atoms with Crippen LogP contribution in [0.5, 0.6) is 5.75 Å². The van der Waals surface area contributed by atoms with Gasteiger partial charge in [0.2, 0.25) is 0 Å². The standard InChI is InChI=1S/C27H30N2O2/c1-31-20-8-7-18-13-23-26-10-9-22-24(27(26,11-12-28-23)21(18)14-20)19(15-26)16-29(22)25(30)17-5-3-2-4-6-17/h2-8,14,19,22-24,28H,9-13,15-16H2,1H3/t19-,22?,23?,24?,26?,27?/m0/s1. The minimum Gasteiger partial charge on any atom is -0.497 e. The average Bonchev–Trinajstić information content (AvgIpc) is 3.25. The third-order valence-electron chi connectivity index (χ3n) is 9.80. The fraction of sp³-hybridized carbons (Fsp3) is 0.519. The molecule has 1 amide bonds. The monoisotopic (exact) mass is 414 g/mol. The molecule has 0 radical (unpaired) electrons. The van der Waals surface area contributed by atoms with Crippen LogP contribution in [-0.4, -0.2) is 43.1 Å². The highest BCUT2D eigenvalue weighted by atomic mass is 16.5.